The van der Waals surface area contributed by atoms with Crippen molar-refractivity contribution in [1.29, 1.82) is 0 Å². The molecule has 0 bridgehead atoms. The lowest BCUT2D eigenvalue weighted by atomic mass is 9.85. The molecule has 2 rings (SSSR count). The maximum atomic E-state index is 12.1. The number of benzene rings is 1. The largest absolute Gasteiger partial charge is 0.366 e. The molecule has 1 aliphatic rings. The van der Waals surface area contributed by atoms with Gasteiger partial charge in [-0.15, -0.1) is 0 Å². The summed E-state index contributed by atoms with van der Waals surface area (Å²) in [7, 11) is 0. The van der Waals surface area contributed by atoms with Crippen molar-refractivity contribution in [1.82, 2.24) is 5.32 Å². The molecule has 5 N–H and O–H groups in total. The van der Waals surface area contributed by atoms with E-state index in [-0.39, 0.29) is 17.9 Å². The molecule has 5 nitrogen and oxygen atoms in total. The zero-order chi connectivity index (χ0) is 14.5. The molecule has 0 spiro atoms. The van der Waals surface area contributed by atoms with Gasteiger partial charge in [0.25, 0.3) is 0 Å². The van der Waals surface area contributed by atoms with Crippen LogP contribution in [0.5, 0.6) is 0 Å². The van der Waals surface area contributed by atoms with Crippen LogP contribution in [0.15, 0.2) is 24.3 Å². The number of primary amides is 1. The number of amides is 2. The van der Waals surface area contributed by atoms with Crippen LogP contribution >= 0.6 is 0 Å². The van der Waals surface area contributed by atoms with Gasteiger partial charge in [-0.05, 0) is 37.0 Å². The second-order valence-corrected chi connectivity index (χ2v) is 5.40. The van der Waals surface area contributed by atoms with Crippen molar-refractivity contribution in [3.05, 3.63) is 35.4 Å². The predicted octanol–water partition coefficient (Wildman–Crippen LogP) is 0.919. The highest BCUT2D eigenvalue weighted by atomic mass is 16.2. The molecule has 1 aliphatic carbocycles. The summed E-state index contributed by atoms with van der Waals surface area (Å²) in [5.74, 6) is -0.348. The summed E-state index contributed by atoms with van der Waals surface area (Å²) in [6, 6.07) is 7.08. The number of carbonyl (C=O) groups is 2. The topological polar surface area (TPSA) is 98.2 Å². The van der Waals surface area contributed by atoms with Crippen LogP contribution in [0.25, 0.3) is 0 Å². The third kappa shape index (κ3) is 3.81. The molecule has 1 aromatic carbocycles. The van der Waals surface area contributed by atoms with Crippen LogP contribution in [0, 0.1) is 5.92 Å². The van der Waals surface area contributed by atoms with Gasteiger partial charge < -0.3 is 16.8 Å². The molecule has 20 heavy (non-hydrogen) atoms. The van der Waals surface area contributed by atoms with Crippen molar-refractivity contribution >= 4 is 11.8 Å². The Morgan fingerprint density at radius 1 is 1.20 bits per heavy atom. The molecular weight excluding hydrogens is 254 g/mol. The van der Waals surface area contributed by atoms with E-state index in [9.17, 15) is 9.59 Å². The Morgan fingerprint density at radius 3 is 2.50 bits per heavy atom. The molecule has 1 aromatic rings. The zero-order valence-electron chi connectivity index (χ0n) is 11.5. The van der Waals surface area contributed by atoms with E-state index in [4.69, 9.17) is 11.5 Å². The summed E-state index contributed by atoms with van der Waals surface area (Å²) in [5.41, 5.74) is 12.5. The van der Waals surface area contributed by atoms with Crippen LogP contribution < -0.4 is 16.8 Å². The van der Waals surface area contributed by atoms with Crippen LogP contribution in [-0.4, -0.2) is 17.9 Å². The minimum Gasteiger partial charge on any atom is -0.366 e. The lowest BCUT2D eigenvalue weighted by Crippen LogP contribution is -2.37. The van der Waals surface area contributed by atoms with Crippen molar-refractivity contribution < 1.29 is 9.59 Å². The molecule has 1 saturated carbocycles. The molecule has 108 valence electrons. The Balaban J connectivity index is 1.85. The maximum Gasteiger partial charge on any atom is 0.248 e. The van der Waals surface area contributed by atoms with E-state index < -0.39 is 5.91 Å². The van der Waals surface area contributed by atoms with Gasteiger partial charge in [-0.25, -0.2) is 0 Å². The fourth-order valence-corrected chi connectivity index (χ4v) is 2.59. The summed E-state index contributed by atoms with van der Waals surface area (Å²) in [4.78, 5) is 23.0. The number of nitrogens with two attached hydrogens (primary N) is 2. The first-order chi connectivity index (χ1) is 9.56. The van der Waals surface area contributed by atoms with E-state index >= 15 is 0 Å². The van der Waals surface area contributed by atoms with Gasteiger partial charge in [-0.1, -0.05) is 18.6 Å². The van der Waals surface area contributed by atoms with Crippen molar-refractivity contribution in [3.63, 3.8) is 0 Å². The highest BCUT2D eigenvalue weighted by molar-refractivity contribution is 5.92. The molecule has 0 heterocycles. The fourth-order valence-electron chi connectivity index (χ4n) is 2.59. The summed E-state index contributed by atoms with van der Waals surface area (Å²) >= 11 is 0. The Labute approximate surface area is 118 Å². The number of nitrogens with one attached hydrogen (secondary N) is 1. The van der Waals surface area contributed by atoms with E-state index in [1.807, 2.05) is 0 Å². The smallest absolute Gasteiger partial charge is 0.248 e. The van der Waals surface area contributed by atoms with Crippen LogP contribution in [0.2, 0.25) is 0 Å². The lowest BCUT2D eigenvalue weighted by Gasteiger charge is -2.25. The van der Waals surface area contributed by atoms with E-state index in [0.29, 0.717) is 12.1 Å². The number of hydrogen-bond acceptors (Lipinski definition) is 3. The minimum absolute atomic E-state index is 0.0312. The van der Waals surface area contributed by atoms with Gasteiger partial charge in [0.15, 0.2) is 0 Å². The summed E-state index contributed by atoms with van der Waals surface area (Å²) in [5, 5.41) is 2.93. The number of hydrogen-bond donors (Lipinski definition) is 3. The van der Waals surface area contributed by atoms with Crippen LogP contribution in [0.3, 0.4) is 0 Å². The van der Waals surface area contributed by atoms with Crippen LogP contribution in [0.1, 0.15) is 41.6 Å². The third-order valence-electron chi connectivity index (χ3n) is 3.79. The zero-order valence-corrected chi connectivity index (χ0v) is 11.5. The average molecular weight is 275 g/mol. The second-order valence-electron chi connectivity index (χ2n) is 5.40. The van der Waals surface area contributed by atoms with E-state index in [1.54, 1.807) is 24.3 Å². The summed E-state index contributed by atoms with van der Waals surface area (Å²) in [6.07, 6.45) is 3.72. The van der Waals surface area contributed by atoms with E-state index in [2.05, 4.69) is 5.32 Å². The normalized spacial score (nSPS) is 22.2. The molecule has 0 aliphatic heterocycles. The second kappa shape index (κ2) is 6.52. The van der Waals surface area contributed by atoms with Gasteiger partial charge in [0, 0.05) is 24.1 Å². The first kappa shape index (κ1) is 14.5. The molecule has 0 saturated heterocycles. The van der Waals surface area contributed by atoms with Crippen molar-refractivity contribution in [3.8, 4) is 0 Å². The van der Waals surface area contributed by atoms with Gasteiger partial charge >= 0.3 is 0 Å². The molecular formula is C15H21N3O2. The maximum absolute atomic E-state index is 12.1. The van der Waals surface area contributed by atoms with Gasteiger partial charge in [0.1, 0.15) is 0 Å². The first-order valence-electron chi connectivity index (χ1n) is 6.98. The highest BCUT2D eigenvalue weighted by Crippen LogP contribution is 2.23. The van der Waals surface area contributed by atoms with Gasteiger partial charge in [-0.2, -0.15) is 0 Å². The summed E-state index contributed by atoms with van der Waals surface area (Å²) in [6.45, 7) is 0.462. The monoisotopic (exact) mass is 275 g/mol. The molecule has 2 amide bonds. The van der Waals surface area contributed by atoms with Crippen LogP contribution in [-0.2, 0) is 11.3 Å². The standard InChI is InChI=1S/C15H21N3O2/c16-13-3-1-2-12(8-13)15(20)18-9-10-4-6-11(7-5-10)14(17)19/h4-7,12-13H,1-3,8-9,16H2,(H2,17,19)(H,18,20). The van der Waals surface area contributed by atoms with Crippen molar-refractivity contribution in [2.24, 2.45) is 17.4 Å². The summed E-state index contributed by atoms with van der Waals surface area (Å²) < 4.78 is 0. The Kier molecular flexibility index (Phi) is 4.74. The third-order valence-corrected chi connectivity index (χ3v) is 3.79. The average Bonchev–Trinajstić information content (AvgIpc) is 2.45. The molecule has 0 aromatic heterocycles. The van der Waals surface area contributed by atoms with Crippen molar-refractivity contribution in [2.75, 3.05) is 0 Å². The number of rotatable bonds is 4. The van der Waals surface area contributed by atoms with E-state index in [0.717, 1.165) is 31.2 Å². The molecule has 2 atom stereocenters. The molecule has 0 radical (unpaired) electrons. The Bertz CT molecular complexity index is 484. The Hall–Kier alpha value is -1.88. The van der Waals surface area contributed by atoms with Gasteiger partial charge in [0.2, 0.25) is 11.8 Å². The SMILES string of the molecule is NC(=O)c1ccc(CNC(=O)C2CCCC(N)C2)cc1. The molecule has 5 heteroatoms. The minimum atomic E-state index is -0.447. The first-order valence-corrected chi connectivity index (χ1v) is 6.98. The van der Waals surface area contributed by atoms with E-state index in [1.165, 1.54) is 0 Å². The lowest BCUT2D eigenvalue weighted by molar-refractivity contribution is -0.126. The van der Waals surface area contributed by atoms with Gasteiger partial charge in [-0.3, -0.25) is 9.59 Å². The van der Waals surface area contributed by atoms with Crippen molar-refractivity contribution in [2.45, 2.75) is 38.3 Å². The fraction of sp³-hybridized carbons (Fsp3) is 0.467. The Morgan fingerprint density at radius 2 is 1.90 bits per heavy atom. The molecule has 1 fully saturated rings. The van der Waals surface area contributed by atoms with Gasteiger partial charge in [0.05, 0.1) is 0 Å². The quantitative estimate of drug-likeness (QED) is 0.762. The van der Waals surface area contributed by atoms with Crippen LogP contribution in [0.4, 0.5) is 0 Å². The number of carbonyl (C=O) groups excluding carboxylic acids is 2. The molecule has 2 unspecified atom stereocenters. The highest BCUT2D eigenvalue weighted by Gasteiger charge is 2.24. The predicted molar refractivity (Wildman–Crippen MR) is 76.7 cm³/mol.